The van der Waals surface area contributed by atoms with E-state index in [0.717, 1.165) is 0 Å². The number of nitro groups is 1. The van der Waals surface area contributed by atoms with Gasteiger partial charge in [0.2, 0.25) is 0 Å². The number of phenolic OH excluding ortho intramolecular Hbond substituents is 1. The van der Waals surface area contributed by atoms with E-state index in [2.05, 4.69) is 10.2 Å². The molecule has 0 aromatic heterocycles. The molecule has 0 aliphatic heterocycles. The first-order valence-electron chi connectivity index (χ1n) is 6.08. The Kier molecular flexibility index (Phi) is 4.42. The number of para-hydroxylation sites is 1. The number of ether oxygens (including phenoxy) is 1. The number of nitro benzene ring substituents is 1. The van der Waals surface area contributed by atoms with Crippen molar-refractivity contribution in [3.8, 4) is 11.5 Å². The van der Waals surface area contributed by atoms with Gasteiger partial charge in [-0.25, -0.2) is 0 Å². The molecule has 2 rings (SSSR count). The van der Waals surface area contributed by atoms with Crippen molar-refractivity contribution in [1.82, 2.24) is 0 Å². The third-order valence-electron chi connectivity index (χ3n) is 2.79. The maximum atomic E-state index is 11.1. The Hall–Kier alpha value is -3.29. The zero-order chi connectivity index (χ0) is 16.1. The maximum absolute atomic E-state index is 11.1. The molecule has 8 nitrogen and oxygen atoms in total. The van der Waals surface area contributed by atoms with E-state index in [1.807, 2.05) is 0 Å². The van der Waals surface area contributed by atoms with Gasteiger partial charge in [-0.1, -0.05) is 12.1 Å². The van der Waals surface area contributed by atoms with Crippen molar-refractivity contribution in [3.05, 3.63) is 52.1 Å². The number of azo groups is 1. The van der Waals surface area contributed by atoms with Crippen LogP contribution in [0.3, 0.4) is 0 Å². The first kappa shape index (κ1) is 15.1. The van der Waals surface area contributed by atoms with Crippen LogP contribution in [0.25, 0.3) is 0 Å². The summed E-state index contributed by atoms with van der Waals surface area (Å²) in [6.45, 7) is 0. The van der Waals surface area contributed by atoms with Gasteiger partial charge in [-0.2, -0.15) is 0 Å². The molecule has 0 saturated heterocycles. The molecule has 0 unspecified atom stereocenters. The Balaban J connectivity index is 2.47. The molecule has 0 atom stereocenters. The summed E-state index contributed by atoms with van der Waals surface area (Å²) < 4.78 is 4.93. The molecule has 0 fully saturated rings. The molecule has 0 amide bonds. The molecule has 0 heterocycles. The number of hydrogen-bond donors (Lipinski definition) is 1. The van der Waals surface area contributed by atoms with Crippen LogP contribution in [0.4, 0.5) is 17.1 Å². The molecule has 112 valence electrons. The Morgan fingerprint density at radius 1 is 1.27 bits per heavy atom. The molecule has 0 spiro atoms. The van der Waals surface area contributed by atoms with Crippen molar-refractivity contribution in [1.29, 1.82) is 0 Å². The lowest BCUT2D eigenvalue weighted by Crippen LogP contribution is -1.88. The van der Waals surface area contributed by atoms with Gasteiger partial charge in [0.1, 0.15) is 17.2 Å². The van der Waals surface area contributed by atoms with Crippen molar-refractivity contribution in [2.75, 3.05) is 7.11 Å². The lowest BCUT2D eigenvalue weighted by molar-refractivity contribution is -0.384. The first-order valence-corrected chi connectivity index (χ1v) is 6.08. The number of carbonyl (C=O) groups is 1. The van der Waals surface area contributed by atoms with Gasteiger partial charge >= 0.3 is 0 Å². The number of benzene rings is 2. The number of hydrogen-bond acceptors (Lipinski definition) is 7. The third-order valence-corrected chi connectivity index (χ3v) is 2.79. The molecule has 0 radical (unpaired) electrons. The minimum Gasteiger partial charge on any atom is -0.505 e. The van der Waals surface area contributed by atoms with Gasteiger partial charge in [-0.3, -0.25) is 14.9 Å². The van der Waals surface area contributed by atoms with Gasteiger partial charge < -0.3 is 9.84 Å². The standard InChI is InChI=1S/C14H11N3O5/c1-22-10-6-9(8-18)14(13(19)7-10)16-15-11-4-2-3-5-12(11)17(20)21/h2-8,19H,1H3. The summed E-state index contributed by atoms with van der Waals surface area (Å²) in [6, 6.07) is 8.39. The van der Waals surface area contributed by atoms with Crippen molar-refractivity contribution in [2.45, 2.75) is 0 Å². The minimum absolute atomic E-state index is 0.0135. The van der Waals surface area contributed by atoms with Gasteiger partial charge in [0.15, 0.2) is 12.0 Å². The molecule has 0 bridgehead atoms. The second-order valence-corrected chi connectivity index (χ2v) is 4.15. The number of methoxy groups -OCH3 is 1. The van der Waals surface area contributed by atoms with Crippen LogP contribution in [0, 0.1) is 10.1 Å². The Labute approximate surface area is 124 Å². The molecule has 0 saturated carbocycles. The highest BCUT2D eigenvalue weighted by Crippen LogP contribution is 2.36. The number of aldehydes is 1. The highest BCUT2D eigenvalue weighted by molar-refractivity contribution is 5.86. The van der Waals surface area contributed by atoms with Crippen LogP contribution in [0.2, 0.25) is 0 Å². The smallest absolute Gasteiger partial charge is 0.296 e. The number of rotatable bonds is 5. The molecular formula is C14H11N3O5. The van der Waals surface area contributed by atoms with Gasteiger partial charge in [-0.05, 0) is 12.1 Å². The molecule has 0 aliphatic rings. The van der Waals surface area contributed by atoms with Crippen LogP contribution in [-0.4, -0.2) is 23.4 Å². The number of aromatic hydroxyl groups is 1. The average molecular weight is 301 g/mol. The molecule has 2 aromatic rings. The second kappa shape index (κ2) is 6.44. The minimum atomic E-state index is -0.594. The zero-order valence-electron chi connectivity index (χ0n) is 11.5. The lowest BCUT2D eigenvalue weighted by Gasteiger charge is -2.05. The fraction of sp³-hybridized carbons (Fsp3) is 0.0714. The van der Waals surface area contributed by atoms with E-state index in [1.165, 1.54) is 37.4 Å². The van der Waals surface area contributed by atoms with E-state index >= 15 is 0 Å². The number of phenols is 1. The van der Waals surface area contributed by atoms with Crippen LogP contribution >= 0.6 is 0 Å². The van der Waals surface area contributed by atoms with Gasteiger partial charge in [0.05, 0.1) is 12.0 Å². The summed E-state index contributed by atoms with van der Waals surface area (Å²) in [4.78, 5) is 21.4. The van der Waals surface area contributed by atoms with Crippen molar-refractivity contribution < 1.29 is 19.6 Å². The Morgan fingerprint density at radius 2 is 2.00 bits per heavy atom. The molecule has 2 aromatic carbocycles. The molecule has 8 heteroatoms. The number of carbonyl (C=O) groups excluding carboxylic acids is 1. The highest BCUT2D eigenvalue weighted by Gasteiger charge is 2.14. The SMILES string of the molecule is COc1cc(O)c(N=Nc2ccccc2[N+](=O)[O-])c(C=O)c1. The van der Waals surface area contributed by atoms with Crippen LogP contribution in [0.1, 0.15) is 10.4 Å². The van der Waals surface area contributed by atoms with E-state index < -0.39 is 4.92 Å². The van der Waals surface area contributed by atoms with E-state index in [-0.39, 0.29) is 34.1 Å². The van der Waals surface area contributed by atoms with Crippen molar-refractivity contribution in [2.24, 2.45) is 10.2 Å². The summed E-state index contributed by atoms with van der Waals surface area (Å²) in [5.41, 5.74) is -0.250. The van der Waals surface area contributed by atoms with E-state index in [4.69, 9.17) is 4.74 Å². The Morgan fingerprint density at radius 3 is 2.64 bits per heavy atom. The normalized spacial score (nSPS) is 10.6. The predicted octanol–water partition coefficient (Wildman–Crippen LogP) is 3.54. The van der Waals surface area contributed by atoms with Crippen LogP contribution in [0.15, 0.2) is 46.6 Å². The highest BCUT2D eigenvalue weighted by atomic mass is 16.6. The summed E-state index contributed by atoms with van der Waals surface area (Å²) in [7, 11) is 1.39. The van der Waals surface area contributed by atoms with E-state index in [1.54, 1.807) is 6.07 Å². The average Bonchev–Trinajstić information content (AvgIpc) is 2.53. The third kappa shape index (κ3) is 3.06. The first-order chi connectivity index (χ1) is 10.6. The lowest BCUT2D eigenvalue weighted by atomic mass is 10.1. The van der Waals surface area contributed by atoms with Crippen molar-refractivity contribution >= 4 is 23.3 Å². The van der Waals surface area contributed by atoms with E-state index in [0.29, 0.717) is 6.29 Å². The Bertz CT molecular complexity index is 758. The summed E-state index contributed by atoms with van der Waals surface area (Å²) >= 11 is 0. The van der Waals surface area contributed by atoms with Crippen LogP contribution in [-0.2, 0) is 0 Å². The fourth-order valence-electron chi connectivity index (χ4n) is 1.74. The summed E-state index contributed by atoms with van der Waals surface area (Å²) in [5, 5.41) is 28.2. The summed E-state index contributed by atoms with van der Waals surface area (Å²) in [5.74, 6) is -0.0342. The molecule has 1 N–H and O–H groups in total. The quantitative estimate of drug-likeness (QED) is 0.392. The monoisotopic (exact) mass is 301 g/mol. The predicted molar refractivity (Wildman–Crippen MR) is 77.3 cm³/mol. The second-order valence-electron chi connectivity index (χ2n) is 4.15. The molecule has 22 heavy (non-hydrogen) atoms. The summed E-state index contributed by atoms with van der Waals surface area (Å²) in [6.07, 6.45) is 0.482. The number of nitrogens with zero attached hydrogens (tertiary/aromatic N) is 3. The van der Waals surface area contributed by atoms with Gasteiger partial charge in [-0.15, -0.1) is 10.2 Å². The molecule has 0 aliphatic carbocycles. The fourth-order valence-corrected chi connectivity index (χ4v) is 1.74. The molecular weight excluding hydrogens is 290 g/mol. The van der Waals surface area contributed by atoms with Crippen LogP contribution < -0.4 is 4.74 Å². The van der Waals surface area contributed by atoms with Gasteiger partial charge in [0.25, 0.3) is 5.69 Å². The van der Waals surface area contributed by atoms with Gasteiger partial charge in [0, 0.05) is 17.7 Å². The zero-order valence-corrected chi connectivity index (χ0v) is 11.5. The largest absolute Gasteiger partial charge is 0.505 e. The van der Waals surface area contributed by atoms with E-state index in [9.17, 15) is 20.0 Å². The van der Waals surface area contributed by atoms with Crippen molar-refractivity contribution in [3.63, 3.8) is 0 Å². The maximum Gasteiger partial charge on any atom is 0.296 e. The van der Waals surface area contributed by atoms with Crippen LogP contribution in [0.5, 0.6) is 11.5 Å². The topological polar surface area (TPSA) is 114 Å².